The zero-order valence-corrected chi connectivity index (χ0v) is 12.8. The molecule has 4 nitrogen and oxygen atoms in total. The SMILES string of the molecule is CCc1cc2c(N3CCCCC3CCN)ncnc2s1. The first-order chi connectivity index (χ1) is 9.83. The molecule has 0 aliphatic carbocycles. The maximum Gasteiger partial charge on any atom is 0.141 e. The van der Waals surface area contributed by atoms with Crippen LogP contribution in [0.5, 0.6) is 0 Å². The summed E-state index contributed by atoms with van der Waals surface area (Å²) >= 11 is 1.79. The Morgan fingerprint density at radius 1 is 1.40 bits per heavy atom. The van der Waals surface area contributed by atoms with Crippen LogP contribution in [0.2, 0.25) is 0 Å². The Kier molecular flexibility index (Phi) is 4.17. The van der Waals surface area contributed by atoms with Crippen LogP contribution in [0, 0.1) is 0 Å². The van der Waals surface area contributed by atoms with E-state index in [1.165, 1.54) is 29.5 Å². The van der Waals surface area contributed by atoms with Crippen molar-refractivity contribution in [2.75, 3.05) is 18.0 Å². The fourth-order valence-electron chi connectivity index (χ4n) is 3.07. The van der Waals surface area contributed by atoms with Crippen LogP contribution in [0.4, 0.5) is 5.82 Å². The summed E-state index contributed by atoms with van der Waals surface area (Å²) in [5.41, 5.74) is 5.78. The Hall–Kier alpha value is -1.20. The van der Waals surface area contributed by atoms with E-state index >= 15 is 0 Å². The monoisotopic (exact) mass is 290 g/mol. The van der Waals surface area contributed by atoms with Crippen LogP contribution in [0.15, 0.2) is 12.4 Å². The lowest BCUT2D eigenvalue weighted by molar-refractivity contribution is 0.440. The lowest BCUT2D eigenvalue weighted by Crippen LogP contribution is -2.41. The van der Waals surface area contributed by atoms with E-state index in [1.807, 2.05) is 0 Å². The highest BCUT2D eigenvalue weighted by molar-refractivity contribution is 7.18. The number of hydrogen-bond acceptors (Lipinski definition) is 5. The molecule has 0 amide bonds. The summed E-state index contributed by atoms with van der Waals surface area (Å²) in [6.07, 6.45) is 7.61. The summed E-state index contributed by atoms with van der Waals surface area (Å²) < 4.78 is 0. The van der Waals surface area contributed by atoms with E-state index in [0.717, 1.165) is 36.6 Å². The molecule has 3 rings (SSSR count). The van der Waals surface area contributed by atoms with Crippen LogP contribution < -0.4 is 10.6 Å². The van der Waals surface area contributed by atoms with Crippen molar-refractivity contribution in [2.24, 2.45) is 5.73 Å². The average Bonchev–Trinajstić information content (AvgIpc) is 2.91. The van der Waals surface area contributed by atoms with Crippen LogP contribution in [0.1, 0.15) is 37.5 Å². The molecule has 1 aliphatic rings. The largest absolute Gasteiger partial charge is 0.353 e. The van der Waals surface area contributed by atoms with Gasteiger partial charge in [0.05, 0.1) is 5.39 Å². The molecule has 3 heterocycles. The lowest BCUT2D eigenvalue weighted by Gasteiger charge is -2.36. The van der Waals surface area contributed by atoms with Crippen molar-refractivity contribution >= 4 is 27.4 Å². The van der Waals surface area contributed by atoms with Crippen molar-refractivity contribution in [2.45, 2.75) is 45.1 Å². The van der Waals surface area contributed by atoms with Crippen LogP contribution >= 0.6 is 11.3 Å². The van der Waals surface area contributed by atoms with Gasteiger partial charge in [0, 0.05) is 17.5 Å². The molecule has 2 aromatic rings. The normalized spacial score (nSPS) is 19.7. The van der Waals surface area contributed by atoms with E-state index in [1.54, 1.807) is 17.7 Å². The van der Waals surface area contributed by atoms with Crippen LogP contribution in [-0.4, -0.2) is 29.1 Å². The third-order valence-corrected chi connectivity index (χ3v) is 5.29. The fourth-order valence-corrected chi connectivity index (χ4v) is 4.00. The van der Waals surface area contributed by atoms with E-state index in [-0.39, 0.29) is 0 Å². The van der Waals surface area contributed by atoms with Gasteiger partial charge in [0.25, 0.3) is 0 Å². The number of anilines is 1. The average molecular weight is 290 g/mol. The van der Waals surface area contributed by atoms with Crippen molar-refractivity contribution in [3.63, 3.8) is 0 Å². The number of hydrogen-bond donors (Lipinski definition) is 1. The molecule has 0 bridgehead atoms. The summed E-state index contributed by atoms with van der Waals surface area (Å²) in [5.74, 6) is 1.11. The first kappa shape index (κ1) is 13.8. The second-order valence-electron chi connectivity index (χ2n) is 5.40. The summed E-state index contributed by atoms with van der Waals surface area (Å²) in [6, 6.07) is 2.81. The van der Waals surface area contributed by atoms with Crippen molar-refractivity contribution in [1.82, 2.24) is 9.97 Å². The van der Waals surface area contributed by atoms with Gasteiger partial charge in [-0.2, -0.15) is 0 Å². The third kappa shape index (κ3) is 2.52. The molecule has 2 aromatic heterocycles. The number of piperidine rings is 1. The highest BCUT2D eigenvalue weighted by Crippen LogP contribution is 2.34. The second kappa shape index (κ2) is 6.06. The third-order valence-electron chi connectivity index (χ3n) is 4.11. The molecular weight excluding hydrogens is 268 g/mol. The van der Waals surface area contributed by atoms with Gasteiger partial charge in [-0.1, -0.05) is 6.92 Å². The van der Waals surface area contributed by atoms with Crippen LogP contribution in [0.3, 0.4) is 0 Å². The maximum atomic E-state index is 5.78. The number of aromatic nitrogens is 2. The Labute approximate surface area is 124 Å². The minimum Gasteiger partial charge on any atom is -0.353 e. The van der Waals surface area contributed by atoms with Gasteiger partial charge in [-0.15, -0.1) is 11.3 Å². The molecule has 0 radical (unpaired) electrons. The zero-order chi connectivity index (χ0) is 13.9. The molecule has 0 saturated carbocycles. The molecule has 1 saturated heterocycles. The second-order valence-corrected chi connectivity index (χ2v) is 6.52. The van der Waals surface area contributed by atoms with E-state index in [9.17, 15) is 0 Å². The van der Waals surface area contributed by atoms with Crippen molar-refractivity contribution in [1.29, 1.82) is 0 Å². The van der Waals surface area contributed by atoms with Gasteiger partial charge in [-0.25, -0.2) is 9.97 Å². The van der Waals surface area contributed by atoms with Crippen LogP contribution in [0.25, 0.3) is 10.2 Å². The number of rotatable bonds is 4. The van der Waals surface area contributed by atoms with Crippen molar-refractivity contribution in [3.05, 3.63) is 17.3 Å². The Morgan fingerprint density at radius 2 is 2.30 bits per heavy atom. The molecule has 5 heteroatoms. The predicted molar refractivity (Wildman–Crippen MR) is 85.4 cm³/mol. The topological polar surface area (TPSA) is 55.0 Å². The van der Waals surface area contributed by atoms with Crippen LogP contribution in [-0.2, 0) is 6.42 Å². The lowest BCUT2D eigenvalue weighted by atomic mass is 9.99. The quantitative estimate of drug-likeness (QED) is 0.940. The van der Waals surface area contributed by atoms with Gasteiger partial charge in [0.15, 0.2) is 0 Å². The molecule has 0 aromatic carbocycles. The first-order valence-corrected chi connectivity index (χ1v) is 8.35. The van der Waals surface area contributed by atoms with E-state index in [4.69, 9.17) is 5.73 Å². The number of fused-ring (bicyclic) bond motifs is 1. The molecule has 108 valence electrons. The smallest absolute Gasteiger partial charge is 0.141 e. The number of nitrogens with two attached hydrogens (primary N) is 1. The minimum atomic E-state index is 0.539. The van der Waals surface area contributed by atoms with Gasteiger partial charge in [0.1, 0.15) is 17.0 Å². The van der Waals surface area contributed by atoms with Gasteiger partial charge in [-0.05, 0) is 44.7 Å². The fraction of sp³-hybridized carbons (Fsp3) is 0.600. The van der Waals surface area contributed by atoms with Crippen molar-refractivity contribution in [3.8, 4) is 0 Å². The van der Waals surface area contributed by atoms with Gasteiger partial charge < -0.3 is 10.6 Å². The molecule has 0 spiro atoms. The zero-order valence-electron chi connectivity index (χ0n) is 12.0. The summed E-state index contributed by atoms with van der Waals surface area (Å²) in [4.78, 5) is 14.0. The van der Waals surface area contributed by atoms with E-state index < -0.39 is 0 Å². The first-order valence-electron chi connectivity index (χ1n) is 7.53. The van der Waals surface area contributed by atoms with Crippen molar-refractivity contribution < 1.29 is 0 Å². The number of thiophene rings is 1. The Morgan fingerprint density at radius 3 is 3.10 bits per heavy atom. The minimum absolute atomic E-state index is 0.539. The Balaban J connectivity index is 2.00. The number of aryl methyl sites for hydroxylation is 1. The molecule has 20 heavy (non-hydrogen) atoms. The van der Waals surface area contributed by atoms with Gasteiger partial charge in [-0.3, -0.25) is 0 Å². The standard InChI is InChI=1S/C15H22N4S/c1-2-12-9-13-14(17-10-18-15(13)20-12)19-8-4-3-5-11(19)6-7-16/h9-11H,2-8,16H2,1H3. The molecule has 1 atom stereocenters. The summed E-state index contributed by atoms with van der Waals surface area (Å²) in [5, 5.41) is 1.22. The van der Waals surface area contributed by atoms with Gasteiger partial charge in [0.2, 0.25) is 0 Å². The molecular formula is C15H22N4S. The summed E-state index contributed by atoms with van der Waals surface area (Å²) in [6.45, 7) is 4.03. The van der Waals surface area contributed by atoms with Gasteiger partial charge >= 0.3 is 0 Å². The Bertz CT molecular complexity index is 578. The summed E-state index contributed by atoms with van der Waals surface area (Å²) in [7, 11) is 0. The van der Waals surface area contributed by atoms with E-state index in [2.05, 4.69) is 27.9 Å². The highest BCUT2D eigenvalue weighted by Gasteiger charge is 2.25. The molecule has 1 fully saturated rings. The molecule has 2 N–H and O–H groups in total. The number of nitrogens with zero attached hydrogens (tertiary/aromatic N) is 3. The molecule has 1 aliphatic heterocycles. The predicted octanol–water partition coefficient (Wildman–Crippen LogP) is 2.96. The molecule has 1 unspecified atom stereocenters. The highest BCUT2D eigenvalue weighted by atomic mass is 32.1. The maximum absolute atomic E-state index is 5.78. The van der Waals surface area contributed by atoms with E-state index in [0.29, 0.717) is 6.04 Å².